The molecule has 0 spiro atoms. The van der Waals surface area contributed by atoms with Crippen molar-refractivity contribution in [2.75, 3.05) is 5.32 Å². The van der Waals surface area contributed by atoms with Crippen LogP contribution in [0.4, 0.5) is 5.69 Å². The molecule has 3 aromatic rings. The number of ether oxygens (including phenoxy) is 1. The van der Waals surface area contributed by atoms with E-state index in [-0.39, 0.29) is 6.42 Å². The van der Waals surface area contributed by atoms with Crippen molar-refractivity contribution in [1.82, 2.24) is 0 Å². The first-order chi connectivity index (χ1) is 12.4. The highest BCUT2D eigenvalue weighted by Gasteiger charge is 2.19. The molecule has 0 saturated heterocycles. The molecule has 134 valence electrons. The van der Waals surface area contributed by atoms with Crippen molar-refractivity contribution in [3.63, 3.8) is 0 Å². The summed E-state index contributed by atoms with van der Waals surface area (Å²) in [6.45, 7) is 3.49. The number of furan rings is 1. The van der Waals surface area contributed by atoms with Gasteiger partial charge in [-0.15, -0.1) is 0 Å². The van der Waals surface area contributed by atoms with Gasteiger partial charge in [0.05, 0.1) is 12.7 Å². The Hall–Kier alpha value is -2.79. The Morgan fingerprint density at radius 3 is 2.81 bits per heavy atom. The van der Waals surface area contributed by atoms with E-state index in [1.54, 1.807) is 30.5 Å². The van der Waals surface area contributed by atoms with E-state index in [0.717, 1.165) is 22.1 Å². The fraction of sp³-hybridized carbons (Fsp3) is 0.200. The summed E-state index contributed by atoms with van der Waals surface area (Å²) in [5.41, 5.74) is 3.07. The minimum Gasteiger partial charge on any atom is -0.464 e. The van der Waals surface area contributed by atoms with Crippen LogP contribution >= 0.6 is 11.6 Å². The third-order valence-electron chi connectivity index (χ3n) is 3.92. The third kappa shape index (κ3) is 4.24. The summed E-state index contributed by atoms with van der Waals surface area (Å²) in [6.07, 6.45) is 0.648. The molecule has 0 aliphatic heterocycles. The summed E-state index contributed by atoms with van der Waals surface area (Å²) in [5.74, 6) is -0.921. The molecule has 5 nitrogen and oxygen atoms in total. The number of halogens is 1. The molecule has 1 N–H and O–H groups in total. The highest BCUT2D eigenvalue weighted by Crippen LogP contribution is 2.23. The van der Waals surface area contributed by atoms with Gasteiger partial charge in [-0.2, -0.15) is 0 Å². The number of hydrogen-bond acceptors (Lipinski definition) is 4. The van der Waals surface area contributed by atoms with Crippen LogP contribution in [0.25, 0.3) is 11.0 Å². The number of carbonyl (C=O) groups excluding carboxylic acids is 2. The Morgan fingerprint density at radius 2 is 2.04 bits per heavy atom. The van der Waals surface area contributed by atoms with Gasteiger partial charge < -0.3 is 14.5 Å². The van der Waals surface area contributed by atoms with Crippen molar-refractivity contribution in [1.29, 1.82) is 0 Å². The molecule has 6 heteroatoms. The summed E-state index contributed by atoms with van der Waals surface area (Å²) < 4.78 is 10.7. The molecule has 1 heterocycles. The van der Waals surface area contributed by atoms with Crippen LogP contribution in [-0.4, -0.2) is 18.0 Å². The number of nitrogens with one attached hydrogen (secondary N) is 1. The summed E-state index contributed by atoms with van der Waals surface area (Å²) in [5, 5.41) is 4.04. The lowest BCUT2D eigenvalue weighted by molar-refractivity contribution is -0.152. The predicted molar refractivity (Wildman–Crippen MR) is 100 cm³/mol. The number of amides is 1. The molecule has 1 atom stereocenters. The number of rotatable bonds is 5. The zero-order chi connectivity index (χ0) is 18.7. The number of anilines is 1. The Bertz CT molecular complexity index is 963. The minimum absolute atomic E-state index is 0.0326. The van der Waals surface area contributed by atoms with E-state index in [1.165, 1.54) is 6.92 Å². The van der Waals surface area contributed by atoms with Gasteiger partial charge in [0, 0.05) is 21.7 Å². The van der Waals surface area contributed by atoms with E-state index in [2.05, 4.69) is 5.32 Å². The minimum atomic E-state index is -0.929. The Morgan fingerprint density at radius 1 is 1.23 bits per heavy atom. The Labute approximate surface area is 155 Å². The molecule has 1 amide bonds. The number of esters is 1. The first kappa shape index (κ1) is 18.0. The normalized spacial score (nSPS) is 12.0. The Balaban J connectivity index is 1.60. The zero-order valence-electron chi connectivity index (χ0n) is 14.4. The average molecular weight is 372 g/mol. The molecule has 0 bridgehead atoms. The maximum Gasteiger partial charge on any atom is 0.311 e. The van der Waals surface area contributed by atoms with Gasteiger partial charge in [-0.1, -0.05) is 29.8 Å². The van der Waals surface area contributed by atoms with Gasteiger partial charge in [-0.3, -0.25) is 9.59 Å². The molecule has 0 aliphatic rings. The number of hydrogen-bond donors (Lipinski definition) is 1. The molecule has 26 heavy (non-hydrogen) atoms. The van der Waals surface area contributed by atoms with E-state index < -0.39 is 18.0 Å². The van der Waals surface area contributed by atoms with Crippen molar-refractivity contribution in [2.45, 2.75) is 26.4 Å². The van der Waals surface area contributed by atoms with Gasteiger partial charge in [-0.25, -0.2) is 0 Å². The van der Waals surface area contributed by atoms with E-state index in [4.69, 9.17) is 20.8 Å². The van der Waals surface area contributed by atoms with Crippen LogP contribution < -0.4 is 5.32 Å². The van der Waals surface area contributed by atoms with Crippen LogP contribution in [0.2, 0.25) is 5.02 Å². The van der Waals surface area contributed by atoms with Crippen molar-refractivity contribution >= 4 is 40.1 Å². The van der Waals surface area contributed by atoms with E-state index in [1.807, 2.05) is 25.1 Å². The second kappa shape index (κ2) is 7.62. The van der Waals surface area contributed by atoms with Gasteiger partial charge in [-0.05, 0) is 43.7 Å². The molecule has 0 saturated carbocycles. The van der Waals surface area contributed by atoms with Gasteiger partial charge in [0.25, 0.3) is 5.91 Å². The second-order valence-electron chi connectivity index (χ2n) is 6.07. The van der Waals surface area contributed by atoms with Gasteiger partial charge in [0.15, 0.2) is 6.10 Å². The first-order valence-electron chi connectivity index (χ1n) is 8.15. The average Bonchev–Trinajstić information content (AvgIpc) is 2.96. The summed E-state index contributed by atoms with van der Waals surface area (Å²) >= 11 is 5.88. The molecule has 2 aromatic carbocycles. The van der Waals surface area contributed by atoms with Crippen LogP contribution in [0, 0.1) is 6.92 Å². The fourth-order valence-electron chi connectivity index (χ4n) is 2.59. The zero-order valence-corrected chi connectivity index (χ0v) is 15.2. The van der Waals surface area contributed by atoms with Crippen molar-refractivity contribution in [3.8, 4) is 0 Å². The lowest BCUT2D eigenvalue weighted by atomic mass is 10.1. The maximum atomic E-state index is 12.2. The number of fused-ring (bicyclic) bond motifs is 1. The maximum absolute atomic E-state index is 12.2. The predicted octanol–water partition coefficient (Wildman–Crippen LogP) is 4.51. The van der Waals surface area contributed by atoms with E-state index in [9.17, 15) is 9.59 Å². The highest BCUT2D eigenvalue weighted by atomic mass is 35.5. The molecule has 3 rings (SSSR count). The molecular weight excluding hydrogens is 354 g/mol. The molecule has 0 radical (unpaired) electrons. The SMILES string of the molecule is Cc1ccc2c(CC(=O)O[C@@H](C)C(=O)Nc3cccc(Cl)c3)coc2c1. The Kier molecular flexibility index (Phi) is 5.28. The molecular formula is C20H18ClNO4. The van der Waals surface area contributed by atoms with Gasteiger partial charge >= 0.3 is 5.97 Å². The number of carbonyl (C=O) groups is 2. The second-order valence-corrected chi connectivity index (χ2v) is 6.51. The van der Waals surface area contributed by atoms with Crippen LogP contribution in [0.1, 0.15) is 18.1 Å². The van der Waals surface area contributed by atoms with Crippen LogP contribution in [-0.2, 0) is 20.7 Å². The van der Waals surface area contributed by atoms with Crippen molar-refractivity contribution < 1.29 is 18.7 Å². The molecule has 0 unspecified atom stereocenters. The monoisotopic (exact) mass is 371 g/mol. The molecule has 0 fully saturated rings. The summed E-state index contributed by atoms with van der Waals surface area (Å²) in [4.78, 5) is 24.3. The molecule has 0 aliphatic carbocycles. The smallest absolute Gasteiger partial charge is 0.311 e. The summed E-state index contributed by atoms with van der Waals surface area (Å²) in [7, 11) is 0. The summed E-state index contributed by atoms with van der Waals surface area (Å²) in [6, 6.07) is 12.5. The van der Waals surface area contributed by atoms with Crippen molar-refractivity contribution in [3.05, 3.63) is 64.9 Å². The fourth-order valence-corrected chi connectivity index (χ4v) is 2.78. The van der Waals surface area contributed by atoms with E-state index >= 15 is 0 Å². The largest absolute Gasteiger partial charge is 0.464 e. The van der Waals surface area contributed by atoms with Crippen LogP contribution in [0.3, 0.4) is 0 Å². The molecule has 1 aromatic heterocycles. The number of aryl methyl sites for hydroxylation is 1. The highest BCUT2D eigenvalue weighted by molar-refractivity contribution is 6.30. The topological polar surface area (TPSA) is 68.5 Å². The quantitative estimate of drug-likeness (QED) is 0.670. The third-order valence-corrected chi connectivity index (χ3v) is 4.15. The van der Waals surface area contributed by atoms with Crippen LogP contribution in [0.5, 0.6) is 0 Å². The van der Waals surface area contributed by atoms with Crippen LogP contribution in [0.15, 0.2) is 53.1 Å². The standard InChI is InChI=1S/C20H18ClNO4/c1-12-6-7-17-14(11-25-18(17)8-12)9-19(23)26-13(2)20(24)22-16-5-3-4-15(21)10-16/h3-8,10-11,13H,9H2,1-2H3,(H,22,24)/t13-/m0/s1. The lowest BCUT2D eigenvalue weighted by Gasteiger charge is -2.13. The van der Waals surface area contributed by atoms with Gasteiger partial charge in [0.2, 0.25) is 0 Å². The number of benzene rings is 2. The van der Waals surface area contributed by atoms with E-state index in [0.29, 0.717) is 10.7 Å². The lowest BCUT2D eigenvalue weighted by Crippen LogP contribution is -2.30. The van der Waals surface area contributed by atoms with Gasteiger partial charge in [0.1, 0.15) is 5.58 Å². The van der Waals surface area contributed by atoms with Crippen molar-refractivity contribution in [2.24, 2.45) is 0 Å². The first-order valence-corrected chi connectivity index (χ1v) is 8.53.